The van der Waals surface area contributed by atoms with E-state index in [4.69, 9.17) is 0 Å². The van der Waals surface area contributed by atoms with E-state index in [1.807, 2.05) is 30.3 Å². The molecular formula is C25H36N2O3S. The molecule has 6 heteroatoms. The number of nitrogens with zero attached hydrogens (tertiary/aromatic N) is 1. The predicted octanol–water partition coefficient (Wildman–Crippen LogP) is 3.75. The van der Waals surface area contributed by atoms with Gasteiger partial charge >= 0.3 is 0 Å². The SMILES string of the molecule is O=C(NC12CC3CC(CC(C3)C1)C2)C1CCCN(S(=O)(=O)CCCc2ccccc2)C1. The molecule has 170 valence electrons. The predicted molar refractivity (Wildman–Crippen MR) is 122 cm³/mol. The molecule has 31 heavy (non-hydrogen) atoms. The maximum atomic E-state index is 13.2. The molecule has 4 bridgehead atoms. The zero-order valence-electron chi connectivity index (χ0n) is 18.5. The van der Waals surface area contributed by atoms with Crippen molar-refractivity contribution in [3.05, 3.63) is 35.9 Å². The number of rotatable bonds is 7. The highest BCUT2D eigenvalue weighted by atomic mass is 32.2. The fourth-order valence-electron chi connectivity index (χ4n) is 7.27. The molecular weight excluding hydrogens is 408 g/mol. The molecule has 1 atom stereocenters. The van der Waals surface area contributed by atoms with E-state index in [0.717, 1.165) is 56.3 Å². The highest BCUT2D eigenvalue weighted by Crippen LogP contribution is 2.55. The molecule has 0 aromatic heterocycles. The van der Waals surface area contributed by atoms with E-state index < -0.39 is 10.0 Å². The van der Waals surface area contributed by atoms with Gasteiger partial charge in [0.25, 0.3) is 0 Å². The van der Waals surface area contributed by atoms with Gasteiger partial charge in [-0.3, -0.25) is 4.79 Å². The molecule has 0 radical (unpaired) electrons. The fraction of sp³-hybridized carbons (Fsp3) is 0.720. The van der Waals surface area contributed by atoms with Crippen LogP contribution in [0.1, 0.15) is 63.4 Å². The molecule has 5 nitrogen and oxygen atoms in total. The molecule has 1 aliphatic heterocycles. The number of benzene rings is 1. The minimum absolute atomic E-state index is 0.00265. The number of amides is 1. The first-order valence-electron chi connectivity index (χ1n) is 12.2. The van der Waals surface area contributed by atoms with Gasteiger partial charge in [0, 0.05) is 18.6 Å². The van der Waals surface area contributed by atoms with Crippen LogP contribution in [0.5, 0.6) is 0 Å². The Morgan fingerprint density at radius 1 is 1.03 bits per heavy atom. The van der Waals surface area contributed by atoms with Crippen molar-refractivity contribution in [3.8, 4) is 0 Å². The summed E-state index contributed by atoms with van der Waals surface area (Å²) in [7, 11) is -3.32. The Morgan fingerprint density at radius 2 is 1.68 bits per heavy atom. The zero-order chi connectivity index (χ0) is 21.5. The van der Waals surface area contributed by atoms with Gasteiger partial charge < -0.3 is 5.32 Å². The monoisotopic (exact) mass is 444 g/mol. The summed E-state index contributed by atoms with van der Waals surface area (Å²) in [5.74, 6) is 2.43. The summed E-state index contributed by atoms with van der Waals surface area (Å²) < 4.78 is 27.5. The summed E-state index contributed by atoms with van der Waals surface area (Å²) in [5, 5.41) is 3.47. The van der Waals surface area contributed by atoms with Gasteiger partial charge in [-0.05, 0) is 87.5 Å². The average molecular weight is 445 g/mol. The van der Waals surface area contributed by atoms with Gasteiger partial charge in [0.05, 0.1) is 11.7 Å². The molecule has 1 saturated heterocycles. The number of nitrogens with one attached hydrogen (secondary N) is 1. The molecule has 5 fully saturated rings. The van der Waals surface area contributed by atoms with Crippen molar-refractivity contribution < 1.29 is 13.2 Å². The number of aryl methyl sites for hydroxylation is 1. The number of carbonyl (C=O) groups is 1. The van der Waals surface area contributed by atoms with E-state index in [9.17, 15) is 13.2 Å². The largest absolute Gasteiger partial charge is 0.350 e. The van der Waals surface area contributed by atoms with E-state index in [1.165, 1.54) is 24.8 Å². The Bertz CT molecular complexity index is 863. The molecule has 1 aromatic carbocycles. The molecule has 5 aliphatic rings. The fourth-order valence-corrected chi connectivity index (χ4v) is 8.85. The number of hydrogen-bond acceptors (Lipinski definition) is 3. The van der Waals surface area contributed by atoms with Crippen LogP contribution in [0.15, 0.2) is 30.3 Å². The van der Waals surface area contributed by atoms with Crippen LogP contribution in [0.2, 0.25) is 0 Å². The maximum Gasteiger partial charge on any atom is 0.224 e. The van der Waals surface area contributed by atoms with Gasteiger partial charge in [0.15, 0.2) is 0 Å². The summed E-state index contributed by atoms with van der Waals surface area (Å²) in [4.78, 5) is 13.2. The molecule has 0 spiro atoms. The van der Waals surface area contributed by atoms with Crippen LogP contribution >= 0.6 is 0 Å². The standard InChI is InChI=1S/C25H36N2O3S/c28-24(26-25-15-20-12-21(16-25)14-22(13-20)17-25)23-9-4-10-27(18-23)31(29,30)11-5-8-19-6-2-1-3-7-19/h1-3,6-7,20-23H,4-5,8-18H2,(H,26,28). The van der Waals surface area contributed by atoms with Crippen molar-refractivity contribution in [2.24, 2.45) is 23.7 Å². The highest BCUT2D eigenvalue weighted by Gasteiger charge is 2.52. The number of hydrogen-bond donors (Lipinski definition) is 1. The first kappa shape index (κ1) is 21.4. The number of piperidine rings is 1. The van der Waals surface area contributed by atoms with Crippen molar-refractivity contribution in [2.45, 2.75) is 69.7 Å². The van der Waals surface area contributed by atoms with Crippen molar-refractivity contribution in [2.75, 3.05) is 18.8 Å². The van der Waals surface area contributed by atoms with Gasteiger partial charge in [-0.1, -0.05) is 30.3 Å². The minimum atomic E-state index is -3.32. The van der Waals surface area contributed by atoms with Gasteiger partial charge in [0.2, 0.25) is 15.9 Å². The van der Waals surface area contributed by atoms with Gasteiger partial charge in [-0.2, -0.15) is 0 Å². The molecule has 1 aromatic rings. The Morgan fingerprint density at radius 3 is 2.32 bits per heavy atom. The van der Waals surface area contributed by atoms with Gasteiger partial charge in [0.1, 0.15) is 0 Å². The Hall–Kier alpha value is -1.40. The highest BCUT2D eigenvalue weighted by molar-refractivity contribution is 7.89. The molecule has 1 unspecified atom stereocenters. The second-order valence-electron chi connectivity index (χ2n) is 10.8. The summed E-state index contributed by atoms with van der Waals surface area (Å²) in [5.41, 5.74) is 1.17. The first-order valence-corrected chi connectivity index (χ1v) is 13.9. The topological polar surface area (TPSA) is 66.5 Å². The summed E-state index contributed by atoms with van der Waals surface area (Å²) in [6, 6.07) is 10.0. The van der Waals surface area contributed by atoms with Crippen LogP contribution in [0, 0.1) is 23.7 Å². The summed E-state index contributed by atoms with van der Waals surface area (Å²) in [6.07, 6.45) is 10.4. The Kier molecular flexibility index (Phi) is 5.89. The maximum absolute atomic E-state index is 13.2. The third-order valence-corrected chi connectivity index (χ3v) is 10.2. The van der Waals surface area contributed by atoms with Crippen molar-refractivity contribution in [1.82, 2.24) is 9.62 Å². The summed E-state index contributed by atoms with van der Waals surface area (Å²) >= 11 is 0. The lowest BCUT2D eigenvalue weighted by atomic mass is 9.53. The van der Waals surface area contributed by atoms with Crippen molar-refractivity contribution in [3.63, 3.8) is 0 Å². The van der Waals surface area contributed by atoms with E-state index in [1.54, 1.807) is 4.31 Å². The van der Waals surface area contributed by atoms with E-state index in [-0.39, 0.29) is 23.1 Å². The zero-order valence-corrected chi connectivity index (χ0v) is 19.3. The van der Waals surface area contributed by atoms with Crippen LogP contribution in [-0.4, -0.2) is 43.0 Å². The summed E-state index contributed by atoms with van der Waals surface area (Å²) in [6.45, 7) is 0.903. The van der Waals surface area contributed by atoms with Crippen LogP contribution < -0.4 is 5.32 Å². The first-order chi connectivity index (χ1) is 14.9. The Balaban J connectivity index is 1.16. The lowest BCUT2D eigenvalue weighted by molar-refractivity contribution is -0.131. The van der Waals surface area contributed by atoms with Crippen LogP contribution in [-0.2, 0) is 21.2 Å². The smallest absolute Gasteiger partial charge is 0.224 e. The molecule has 4 aliphatic carbocycles. The molecule has 1 amide bonds. The second-order valence-corrected chi connectivity index (χ2v) is 12.9. The molecule has 4 saturated carbocycles. The van der Waals surface area contributed by atoms with Crippen molar-refractivity contribution >= 4 is 15.9 Å². The Labute approximate surface area is 187 Å². The second kappa shape index (κ2) is 8.51. The van der Waals surface area contributed by atoms with Gasteiger partial charge in [-0.25, -0.2) is 12.7 Å². The van der Waals surface area contributed by atoms with E-state index in [2.05, 4.69) is 5.32 Å². The number of sulfonamides is 1. The van der Waals surface area contributed by atoms with Crippen LogP contribution in [0.4, 0.5) is 0 Å². The number of carbonyl (C=O) groups excluding carboxylic acids is 1. The van der Waals surface area contributed by atoms with Gasteiger partial charge in [-0.15, -0.1) is 0 Å². The normalized spacial score (nSPS) is 35.2. The van der Waals surface area contributed by atoms with Crippen molar-refractivity contribution in [1.29, 1.82) is 0 Å². The van der Waals surface area contributed by atoms with E-state index >= 15 is 0 Å². The lowest BCUT2D eigenvalue weighted by Crippen LogP contribution is -2.61. The van der Waals surface area contributed by atoms with E-state index in [0.29, 0.717) is 19.5 Å². The third-order valence-electron chi connectivity index (χ3n) is 8.29. The molecule has 6 rings (SSSR count). The lowest BCUT2D eigenvalue weighted by Gasteiger charge is -2.57. The minimum Gasteiger partial charge on any atom is -0.350 e. The average Bonchev–Trinajstić information content (AvgIpc) is 2.73. The molecule has 1 N–H and O–H groups in total. The quantitative estimate of drug-likeness (QED) is 0.697. The third kappa shape index (κ3) is 4.70. The van der Waals surface area contributed by atoms with Crippen LogP contribution in [0.25, 0.3) is 0 Å². The van der Waals surface area contributed by atoms with Crippen LogP contribution in [0.3, 0.4) is 0 Å². The molecule has 1 heterocycles.